The van der Waals surface area contributed by atoms with E-state index in [2.05, 4.69) is 5.32 Å². The molecule has 12 heteroatoms. The molecule has 50 heavy (non-hydrogen) atoms. The molecule has 0 aromatic heterocycles. The molecule has 0 heterocycles. The van der Waals surface area contributed by atoms with Crippen LogP contribution < -0.4 is 23.8 Å². The highest BCUT2D eigenvalue weighted by Gasteiger charge is 2.35. The zero-order chi connectivity index (χ0) is 36.3. The van der Waals surface area contributed by atoms with Crippen LogP contribution in [0.3, 0.4) is 0 Å². The summed E-state index contributed by atoms with van der Waals surface area (Å²) < 4.78 is 60.1. The molecule has 0 saturated heterocycles. The summed E-state index contributed by atoms with van der Waals surface area (Å²) in [6.45, 7) is 5.30. The first-order valence-electron chi connectivity index (χ1n) is 16.4. The molecular weight excluding hydrogens is 661 g/mol. The maximum Gasteiger partial charge on any atom is 0.264 e. The molecule has 266 valence electrons. The molecule has 0 fully saturated rings. The van der Waals surface area contributed by atoms with E-state index in [0.717, 1.165) is 9.87 Å². The molecule has 0 saturated carbocycles. The minimum absolute atomic E-state index is 0.0853. The summed E-state index contributed by atoms with van der Waals surface area (Å²) in [4.78, 5) is 29.9. The molecule has 4 aromatic carbocycles. The van der Waals surface area contributed by atoms with E-state index in [4.69, 9.17) is 14.2 Å². The van der Waals surface area contributed by atoms with Gasteiger partial charge in [0, 0.05) is 25.1 Å². The van der Waals surface area contributed by atoms with Crippen molar-refractivity contribution in [1.29, 1.82) is 0 Å². The van der Waals surface area contributed by atoms with Crippen LogP contribution in [0.5, 0.6) is 17.2 Å². The van der Waals surface area contributed by atoms with Crippen molar-refractivity contribution >= 4 is 27.5 Å². The monoisotopic (exact) mass is 705 g/mol. The Morgan fingerprint density at radius 2 is 1.50 bits per heavy atom. The van der Waals surface area contributed by atoms with E-state index in [0.29, 0.717) is 30.1 Å². The van der Waals surface area contributed by atoms with Crippen molar-refractivity contribution in [2.75, 3.05) is 31.7 Å². The SMILES string of the molecule is CCOc1ccc(N(CC(=O)N(Cc2ccc(F)cc2)[C@H](Cc2ccccc2)C(=O)N[C@@H](C)CC)S(=O)(=O)c2ccc(OC)c(OC)c2)cc1. The Bertz CT molecular complexity index is 1820. The molecule has 4 rings (SSSR count). The van der Waals surface area contributed by atoms with Gasteiger partial charge in [0.2, 0.25) is 11.8 Å². The molecule has 0 bridgehead atoms. The van der Waals surface area contributed by atoms with Gasteiger partial charge in [-0.2, -0.15) is 0 Å². The Morgan fingerprint density at radius 3 is 2.10 bits per heavy atom. The summed E-state index contributed by atoms with van der Waals surface area (Å²) in [6, 6.07) is 24.2. The molecule has 0 spiro atoms. The lowest BCUT2D eigenvalue weighted by molar-refractivity contribution is -0.140. The van der Waals surface area contributed by atoms with Gasteiger partial charge in [0.25, 0.3) is 10.0 Å². The Morgan fingerprint density at radius 1 is 0.840 bits per heavy atom. The smallest absolute Gasteiger partial charge is 0.264 e. The summed E-state index contributed by atoms with van der Waals surface area (Å²) in [7, 11) is -1.58. The Balaban J connectivity index is 1.83. The number of methoxy groups -OCH3 is 2. The maximum atomic E-state index is 14.7. The number of rotatable bonds is 17. The van der Waals surface area contributed by atoms with Crippen molar-refractivity contribution in [3.8, 4) is 17.2 Å². The number of nitrogens with one attached hydrogen (secondary N) is 1. The van der Waals surface area contributed by atoms with Gasteiger partial charge < -0.3 is 24.4 Å². The first-order valence-corrected chi connectivity index (χ1v) is 17.8. The van der Waals surface area contributed by atoms with Gasteiger partial charge in [0.1, 0.15) is 24.2 Å². The fourth-order valence-electron chi connectivity index (χ4n) is 5.29. The van der Waals surface area contributed by atoms with E-state index in [9.17, 15) is 22.4 Å². The average molecular weight is 706 g/mol. The van der Waals surface area contributed by atoms with Crippen molar-refractivity contribution in [3.05, 3.63) is 114 Å². The number of sulfonamides is 1. The largest absolute Gasteiger partial charge is 0.494 e. The summed E-state index contributed by atoms with van der Waals surface area (Å²) in [5.41, 5.74) is 1.56. The Kier molecular flexibility index (Phi) is 13.2. The van der Waals surface area contributed by atoms with Crippen LogP contribution in [0.25, 0.3) is 0 Å². The molecule has 0 aliphatic rings. The number of hydrogen-bond acceptors (Lipinski definition) is 7. The van der Waals surface area contributed by atoms with Crippen LogP contribution in [-0.4, -0.2) is 64.6 Å². The highest BCUT2D eigenvalue weighted by atomic mass is 32.2. The molecule has 10 nitrogen and oxygen atoms in total. The lowest BCUT2D eigenvalue weighted by Crippen LogP contribution is -2.54. The minimum Gasteiger partial charge on any atom is -0.494 e. The van der Waals surface area contributed by atoms with Crippen LogP contribution in [0.2, 0.25) is 0 Å². The van der Waals surface area contributed by atoms with Crippen LogP contribution in [0.1, 0.15) is 38.3 Å². The second kappa shape index (κ2) is 17.5. The Labute approximate surface area is 293 Å². The number of hydrogen-bond donors (Lipinski definition) is 1. The average Bonchev–Trinajstić information content (AvgIpc) is 3.13. The van der Waals surface area contributed by atoms with Crippen LogP contribution in [0, 0.1) is 5.82 Å². The van der Waals surface area contributed by atoms with Gasteiger partial charge in [-0.15, -0.1) is 0 Å². The molecule has 0 radical (unpaired) electrons. The summed E-state index contributed by atoms with van der Waals surface area (Å²) in [5, 5.41) is 3.00. The lowest BCUT2D eigenvalue weighted by Gasteiger charge is -2.34. The number of carbonyl (C=O) groups is 2. The zero-order valence-corrected chi connectivity index (χ0v) is 29.8. The summed E-state index contributed by atoms with van der Waals surface area (Å²) in [6.07, 6.45) is 0.812. The fourth-order valence-corrected chi connectivity index (χ4v) is 6.72. The van der Waals surface area contributed by atoms with E-state index >= 15 is 0 Å². The van der Waals surface area contributed by atoms with Crippen molar-refractivity contribution in [2.45, 2.75) is 57.1 Å². The van der Waals surface area contributed by atoms with Crippen LogP contribution in [-0.2, 0) is 32.6 Å². The second-order valence-electron chi connectivity index (χ2n) is 11.6. The number of ether oxygens (including phenoxy) is 3. The maximum absolute atomic E-state index is 14.7. The van der Waals surface area contributed by atoms with Gasteiger partial charge in [-0.3, -0.25) is 13.9 Å². The van der Waals surface area contributed by atoms with Crippen molar-refractivity contribution in [2.24, 2.45) is 0 Å². The van der Waals surface area contributed by atoms with E-state index < -0.39 is 40.2 Å². The molecule has 0 aliphatic carbocycles. The number of benzene rings is 4. The van der Waals surface area contributed by atoms with Crippen LogP contribution in [0.15, 0.2) is 102 Å². The topological polar surface area (TPSA) is 114 Å². The van der Waals surface area contributed by atoms with Crippen molar-refractivity contribution < 1.29 is 36.6 Å². The molecular formula is C38H44FN3O7S. The Hall–Kier alpha value is -5.10. The number of amides is 2. The first-order chi connectivity index (χ1) is 24.0. The van der Waals surface area contributed by atoms with Crippen LogP contribution >= 0.6 is 0 Å². The van der Waals surface area contributed by atoms with E-state index in [1.54, 1.807) is 24.3 Å². The first kappa shape index (κ1) is 37.7. The molecule has 2 amide bonds. The highest BCUT2D eigenvalue weighted by Crippen LogP contribution is 2.33. The van der Waals surface area contributed by atoms with Gasteiger partial charge >= 0.3 is 0 Å². The molecule has 0 unspecified atom stereocenters. The third-order valence-electron chi connectivity index (χ3n) is 8.20. The van der Waals surface area contributed by atoms with E-state index in [1.165, 1.54) is 61.6 Å². The normalized spacial score (nSPS) is 12.4. The fraction of sp³-hybridized carbons (Fsp3) is 0.316. The van der Waals surface area contributed by atoms with Gasteiger partial charge in [0.15, 0.2) is 11.5 Å². The minimum atomic E-state index is -4.41. The standard InChI is InChI=1S/C38H44FN3O7S/c1-6-27(3)40-38(44)34(23-28-11-9-8-10-12-28)41(25-29-13-15-30(39)16-14-29)37(43)26-42(31-17-19-32(20-18-31)49-7-2)50(45,46)33-21-22-35(47-4)36(24-33)48-5/h8-22,24,27,34H,6-7,23,25-26H2,1-5H3,(H,40,44)/t27-,34+/m0/s1. The number of anilines is 1. The number of halogens is 1. The summed E-state index contributed by atoms with van der Waals surface area (Å²) >= 11 is 0. The van der Waals surface area contributed by atoms with E-state index in [-0.39, 0.29) is 35.3 Å². The zero-order valence-electron chi connectivity index (χ0n) is 29.0. The lowest BCUT2D eigenvalue weighted by atomic mass is 10.0. The number of carbonyl (C=O) groups excluding carboxylic acids is 2. The third kappa shape index (κ3) is 9.53. The van der Waals surface area contributed by atoms with Gasteiger partial charge in [-0.1, -0.05) is 49.4 Å². The quantitative estimate of drug-likeness (QED) is 0.144. The number of nitrogens with zero attached hydrogens (tertiary/aromatic N) is 2. The van der Waals surface area contributed by atoms with Gasteiger partial charge in [0.05, 0.1) is 31.4 Å². The molecule has 2 atom stereocenters. The third-order valence-corrected chi connectivity index (χ3v) is 9.97. The summed E-state index contributed by atoms with van der Waals surface area (Å²) in [5.74, 6) is -0.453. The van der Waals surface area contributed by atoms with Crippen LogP contribution in [0.4, 0.5) is 10.1 Å². The predicted octanol–water partition coefficient (Wildman–Crippen LogP) is 5.99. The molecule has 4 aromatic rings. The van der Waals surface area contributed by atoms with Crippen molar-refractivity contribution in [1.82, 2.24) is 10.2 Å². The van der Waals surface area contributed by atoms with Gasteiger partial charge in [-0.05, 0) is 79.9 Å². The highest BCUT2D eigenvalue weighted by molar-refractivity contribution is 7.92. The van der Waals surface area contributed by atoms with E-state index in [1.807, 2.05) is 51.1 Å². The van der Waals surface area contributed by atoms with Crippen molar-refractivity contribution in [3.63, 3.8) is 0 Å². The molecule has 0 aliphatic heterocycles. The molecule has 1 N–H and O–H groups in total. The predicted molar refractivity (Wildman–Crippen MR) is 190 cm³/mol. The second-order valence-corrected chi connectivity index (χ2v) is 13.5. The van der Waals surface area contributed by atoms with Gasteiger partial charge in [-0.25, -0.2) is 12.8 Å².